The molecule has 1 atom stereocenters. The molecule has 0 aromatic carbocycles. The van der Waals surface area contributed by atoms with Crippen molar-refractivity contribution < 1.29 is 0 Å². The van der Waals surface area contributed by atoms with E-state index in [1.54, 1.807) is 0 Å². The summed E-state index contributed by atoms with van der Waals surface area (Å²) in [6, 6.07) is 0. The third kappa shape index (κ3) is 4.63. The molecule has 0 aromatic rings. The molecule has 1 aliphatic heterocycles. The van der Waals surface area contributed by atoms with Crippen molar-refractivity contribution in [2.45, 2.75) is 27.2 Å². The molecule has 0 aliphatic carbocycles. The van der Waals surface area contributed by atoms with Crippen molar-refractivity contribution in [2.24, 2.45) is 11.8 Å². The van der Waals surface area contributed by atoms with E-state index in [9.17, 15) is 0 Å². The normalized spacial score (nSPS) is 27.2. The lowest BCUT2D eigenvalue weighted by Crippen LogP contribution is -2.40. The van der Waals surface area contributed by atoms with Crippen molar-refractivity contribution in [3.8, 4) is 0 Å². The molecule has 1 saturated heterocycles. The monoisotopic (exact) mass is 184 g/mol. The second-order valence-corrected chi connectivity index (χ2v) is 4.82. The van der Waals surface area contributed by atoms with Gasteiger partial charge in [0.25, 0.3) is 0 Å². The molecule has 0 aromatic heterocycles. The zero-order valence-corrected chi connectivity index (χ0v) is 9.34. The molecule has 1 rings (SSSR count). The Morgan fingerprint density at radius 1 is 1.46 bits per heavy atom. The van der Waals surface area contributed by atoms with E-state index in [0.717, 1.165) is 11.8 Å². The van der Waals surface area contributed by atoms with Crippen LogP contribution in [0.1, 0.15) is 27.2 Å². The van der Waals surface area contributed by atoms with Crippen molar-refractivity contribution in [3.63, 3.8) is 0 Å². The van der Waals surface area contributed by atoms with E-state index in [4.69, 9.17) is 0 Å². The number of nitrogens with zero attached hydrogens (tertiary/aromatic N) is 1. The van der Waals surface area contributed by atoms with Crippen LogP contribution in [0.3, 0.4) is 0 Å². The molecule has 13 heavy (non-hydrogen) atoms. The summed E-state index contributed by atoms with van der Waals surface area (Å²) in [6.45, 7) is 13.1. The van der Waals surface area contributed by atoms with E-state index < -0.39 is 0 Å². The molecule has 2 heteroatoms. The third-order valence-electron chi connectivity index (χ3n) is 2.51. The average Bonchev–Trinajstić information content (AvgIpc) is 1.98. The molecule has 0 amide bonds. The Balaban J connectivity index is 2.32. The lowest BCUT2D eigenvalue weighted by molar-refractivity contribution is 0.196. The molecular weight excluding hydrogens is 160 g/mol. The summed E-state index contributed by atoms with van der Waals surface area (Å²) in [5, 5.41) is 3.48. The first-order valence-corrected chi connectivity index (χ1v) is 5.61. The summed E-state index contributed by atoms with van der Waals surface area (Å²) in [7, 11) is 0. The molecule has 1 fully saturated rings. The van der Waals surface area contributed by atoms with Gasteiger partial charge in [-0.3, -0.25) is 0 Å². The van der Waals surface area contributed by atoms with Gasteiger partial charge in [-0.1, -0.05) is 20.8 Å². The second kappa shape index (κ2) is 5.61. The second-order valence-electron chi connectivity index (χ2n) is 4.82. The van der Waals surface area contributed by atoms with Crippen LogP contribution in [0.25, 0.3) is 0 Å². The van der Waals surface area contributed by atoms with Crippen LogP contribution in [0.5, 0.6) is 0 Å². The van der Waals surface area contributed by atoms with Gasteiger partial charge in [0.05, 0.1) is 0 Å². The summed E-state index contributed by atoms with van der Waals surface area (Å²) < 4.78 is 0. The highest BCUT2D eigenvalue weighted by Gasteiger charge is 2.13. The van der Waals surface area contributed by atoms with Crippen LogP contribution in [-0.4, -0.2) is 37.6 Å². The molecule has 0 saturated carbocycles. The van der Waals surface area contributed by atoms with Gasteiger partial charge < -0.3 is 10.2 Å². The summed E-state index contributed by atoms with van der Waals surface area (Å²) in [6.07, 6.45) is 1.30. The molecule has 1 heterocycles. The van der Waals surface area contributed by atoms with E-state index in [1.807, 2.05) is 0 Å². The first kappa shape index (κ1) is 11.0. The number of rotatable bonds is 2. The number of nitrogens with one attached hydrogen (secondary N) is 1. The predicted octanol–water partition coefficient (Wildman–Crippen LogP) is 1.57. The van der Waals surface area contributed by atoms with Crippen LogP contribution in [0.15, 0.2) is 0 Å². The van der Waals surface area contributed by atoms with E-state index in [2.05, 4.69) is 31.0 Å². The Morgan fingerprint density at radius 2 is 2.23 bits per heavy atom. The van der Waals surface area contributed by atoms with Crippen molar-refractivity contribution in [3.05, 3.63) is 0 Å². The minimum Gasteiger partial charge on any atom is -0.316 e. The predicted molar refractivity (Wildman–Crippen MR) is 57.9 cm³/mol. The summed E-state index contributed by atoms with van der Waals surface area (Å²) in [5.74, 6) is 1.61. The summed E-state index contributed by atoms with van der Waals surface area (Å²) in [5.41, 5.74) is 0. The van der Waals surface area contributed by atoms with Gasteiger partial charge in [-0.25, -0.2) is 0 Å². The maximum atomic E-state index is 3.48. The van der Waals surface area contributed by atoms with Crippen LogP contribution >= 0.6 is 0 Å². The van der Waals surface area contributed by atoms with Gasteiger partial charge in [0.2, 0.25) is 0 Å². The fourth-order valence-corrected chi connectivity index (χ4v) is 2.05. The van der Waals surface area contributed by atoms with Crippen LogP contribution in [-0.2, 0) is 0 Å². The topological polar surface area (TPSA) is 15.3 Å². The highest BCUT2D eigenvalue weighted by molar-refractivity contribution is 4.69. The molecule has 0 radical (unpaired) electrons. The van der Waals surface area contributed by atoms with E-state index in [0.29, 0.717) is 0 Å². The summed E-state index contributed by atoms with van der Waals surface area (Å²) >= 11 is 0. The largest absolute Gasteiger partial charge is 0.316 e. The Hall–Kier alpha value is -0.0800. The zero-order valence-electron chi connectivity index (χ0n) is 9.34. The average molecular weight is 184 g/mol. The van der Waals surface area contributed by atoms with E-state index in [1.165, 1.54) is 39.1 Å². The molecule has 1 aliphatic rings. The Bertz CT molecular complexity index is 134. The van der Waals surface area contributed by atoms with Crippen molar-refractivity contribution in [1.29, 1.82) is 0 Å². The SMILES string of the molecule is CC(C)CN1CCCNCC(C)C1. The van der Waals surface area contributed by atoms with E-state index >= 15 is 0 Å². The molecule has 1 unspecified atom stereocenters. The number of hydrogen-bond acceptors (Lipinski definition) is 2. The molecular formula is C11H24N2. The quantitative estimate of drug-likeness (QED) is 0.701. The third-order valence-corrected chi connectivity index (χ3v) is 2.51. The van der Waals surface area contributed by atoms with Crippen LogP contribution in [0.4, 0.5) is 0 Å². The summed E-state index contributed by atoms with van der Waals surface area (Å²) in [4.78, 5) is 2.62. The van der Waals surface area contributed by atoms with Crippen LogP contribution < -0.4 is 5.32 Å². The molecule has 1 N–H and O–H groups in total. The Kier molecular flexibility index (Phi) is 4.74. The van der Waals surface area contributed by atoms with Crippen molar-refractivity contribution in [2.75, 3.05) is 32.7 Å². The Morgan fingerprint density at radius 3 is 2.92 bits per heavy atom. The smallest absolute Gasteiger partial charge is 0.00193 e. The van der Waals surface area contributed by atoms with Gasteiger partial charge >= 0.3 is 0 Å². The van der Waals surface area contributed by atoms with Gasteiger partial charge in [-0.05, 0) is 37.9 Å². The minimum absolute atomic E-state index is 0.805. The van der Waals surface area contributed by atoms with Gasteiger partial charge in [0.15, 0.2) is 0 Å². The van der Waals surface area contributed by atoms with Gasteiger partial charge in [-0.15, -0.1) is 0 Å². The van der Waals surface area contributed by atoms with Gasteiger partial charge in [0, 0.05) is 13.1 Å². The van der Waals surface area contributed by atoms with Crippen LogP contribution in [0, 0.1) is 11.8 Å². The zero-order chi connectivity index (χ0) is 9.68. The van der Waals surface area contributed by atoms with Crippen molar-refractivity contribution >= 4 is 0 Å². The molecule has 0 bridgehead atoms. The first-order chi connectivity index (χ1) is 6.18. The maximum absolute atomic E-state index is 3.48. The molecule has 0 spiro atoms. The van der Waals surface area contributed by atoms with Gasteiger partial charge in [0.1, 0.15) is 0 Å². The molecule has 78 valence electrons. The van der Waals surface area contributed by atoms with E-state index in [-0.39, 0.29) is 0 Å². The first-order valence-electron chi connectivity index (χ1n) is 5.61. The lowest BCUT2D eigenvalue weighted by Gasteiger charge is -2.29. The molecule has 2 nitrogen and oxygen atoms in total. The lowest BCUT2D eigenvalue weighted by atomic mass is 10.1. The Labute approximate surface area is 82.7 Å². The van der Waals surface area contributed by atoms with Crippen molar-refractivity contribution in [1.82, 2.24) is 10.2 Å². The minimum atomic E-state index is 0.805. The number of hydrogen-bond donors (Lipinski definition) is 1. The maximum Gasteiger partial charge on any atom is 0.00193 e. The fraction of sp³-hybridized carbons (Fsp3) is 1.00. The highest BCUT2D eigenvalue weighted by atomic mass is 15.1. The van der Waals surface area contributed by atoms with Crippen LogP contribution in [0.2, 0.25) is 0 Å². The fourth-order valence-electron chi connectivity index (χ4n) is 2.05. The van der Waals surface area contributed by atoms with Gasteiger partial charge in [-0.2, -0.15) is 0 Å². The standard InChI is InChI=1S/C11H24N2/c1-10(2)8-13-6-4-5-12-7-11(3)9-13/h10-12H,4-9H2,1-3H3. The highest BCUT2D eigenvalue weighted by Crippen LogP contribution is 2.06.